The Labute approximate surface area is 406 Å². The number of thiophene rings is 1. The third kappa shape index (κ3) is 6.02. The lowest BCUT2D eigenvalue weighted by molar-refractivity contribution is 0.794. The summed E-state index contributed by atoms with van der Waals surface area (Å²) in [4.78, 5) is 2.54. The molecule has 12 aromatic rings. The standard InChI is InChI=1S/C67H43NS/c1-4-18-44(19-5-1)48-37-41-62(57(42-48)46-22-8-3-9-23-46)68(50-38-34-47(35-39-50)51-27-16-28-55-54-25-12-15-33-64(54)69-66(51)55)63-32-17-31-60-65(63)56-26-11-14-30-59(56)67(60)58-29-13-10-24-52(58)53-40-36-49(43-61(53)67)45-20-6-2-7-21-45/h1-43H. The molecule has 0 radical (unpaired) electrons. The molecule has 0 amide bonds. The van der Waals surface area contributed by atoms with Gasteiger partial charge in [0, 0.05) is 37.0 Å². The first-order valence-electron chi connectivity index (χ1n) is 23.8. The highest BCUT2D eigenvalue weighted by Gasteiger charge is 2.52. The minimum Gasteiger partial charge on any atom is -0.309 e. The quantitative estimate of drug-likeness (QED) is 0.154. The van der Waals surface area contributed by atoms with Crippen molar-refractivity contribution in [2.24, 2.45) is 0 Å². The Morgan fingerprint density at radius 2 is 0.812 bits per heavy atom. The van der Waals surface area contributed by atoms with Gasteiger partial charge in [0.1, 0.15) is 0 Å². The van der Waals surface area contributed by atoms with E-state index in [1.54, 1.807) is 0 Å². The maximum absolute atomic E-state index is 2.54. The highest BCUT2D eigenvalue weighted by Crippen LogP contribution is 2.65. The van der Waals surface area contributed by atoms with E-state index in [1.165, 1.54) is 109 Å². The van der Waals surface area contributed by atoms with Crippen molar-refractivity contribution in [3.8, 4) is 66.8 Å². The molecular weight excluding hydrogens is 851 g/mol. The normalized spacial score (nSPS) is 14.1. The minimum absolute atomic E-state index is 0.531. The molecule has 1 aromatic heterocycles. The second-order valence-corrected chi connectivity index (χ2v) is 19.3. The van der Waals surface area contributed by atoms with Crippen LogP contribution in [0.3, 0.4) is 0 Å². The van der Waals surface area contributed by atoms with Crippen LogP contribution in [0.2, 0.25) is 0 Å². The molecule has 2 heteroatoms. The second-order valence-electron chi connectivity index (χ2n) is 18.3. The van der Waals surface area contributed by atoms with Crippen molar-refractivity contribution in [1.82, 2.24) is 0 Å². The van der Waals surface area contributed by atoms with E-state index in [2.05, 4.69) is 266 Å². The van der Waals surface area contributed by atoms with Crippen LogP contribution in [0, 0.1) is 0 Å². The Hall–Kier alpha value is -8.56. The summed E-state index contributed by atoms with van der Waals surface area (Å²) in [5.74, 6) is 0. The average Bonchev–Trinajstić information content (AvgIpc) is 4.06. The van der Waals surface area contributed by atoms with E-state index in [1.807, 2.05) is 11.3 Å². The van der Waals surface area contributed by atoms with Gasteiger partial charge in [-0.2, -0.15) is 0 Å². The molecule has 0 aliphatic heterocycles. The van der Waals surface area contributed by atoms with Gasteiger partial charge < -0.3 is 4.90 Å². The Bertz CT molecular complexity index is 3940. The van der Waals surface area contributed by atoms with Crippen LogP contribution in [0.1, 0.15) is 22.3 Å². The predicted molar refractivity (Wildman–Crippen MR) is 292 cm³/mol. The monoisotopic (exact) mass is 893 g/mol. The molecule has 322 valence electrons. The fourth-order valence-electron chi connectivity index (χ4n) is 11.7. The molecule has 0 fully saturated rings. The van der Waals surface area contributed by atoms with E-state index in [0.29, 0.717) is 0 Å². The molecule has 0 saturated carbocycles. The lowest BCUT2D eigenvalue weighted by atomic mass is 9.70. The number of hydrogen-bond donors (Lipinski definition) is 0. The van der Waals surface area contributed by atoms with Gasteiger partial charge >= 0.3 is 0 Å². The molecule has 1 unspecified atom stereocenters. The zero-order valence-corrected chi connectivity index (χ0v) is 38.5. The Morgan fingerprint density at radius 1 is 0.290 bits per heavy atom. The van der Waals surface area contributed by atoms with Gasteiger partial charge in [-0.15, -0.1) is 11.3 Å². The topological polar surface area (TPSA) is 3.24 Å². The van der Waals surface area contributed by atoms with Crippen molar-refractivity contribution in [2.75, 3.05) is 4.90 Å². The van der Waals surface area contributed by atoms with Gasteiger partial charge in [-0.05, 0) is 120 Å². The molecule has 0 bridgehead atoms. The van der Waals surface area contributed by atoms with Crippen LogP contribution in [0.15, 0.2) is 261 Å². The molecule has 14 rings (SSSR count). The van der Waals surface area contributed by atoms with Crippen molar-refractivity contribution in [3.05, 3.63) is 283 Å². The van der Waals surface area contributed by atoms with Crippen LogP contribution in [-0.4, -0.2) is 0 Å². The Balaban J connectivity index is 1.03. The molecule has 69 heavy (non-hydrogen) atoms. The van der Waals surface area contributed by atoms with Gasteiger partial charge in [0.25, 0.3) is 0 Å². The number of anilines is 3. The average molecular weight is 894 g/mol. The molecule has 1 spiro atoms. The van der Waals surface area contributed by atoms with Gasteiger partial charge in [-0.25, -0.2) is 0 Å². The van der Waals surface area contributed by atoms with Gasteiger partial charge in [0.15, 0.2) is 0 Å². The van der Waals surface area contributed by atoms with Crippen molar-refractivity contribution >= 4 is 48.6 Å². The molecule has 0 saturated heterocycles. The molecule has 2 aliphatic rings. The van der Waals surface area contributed by atoms with Crippen molar-refractivity contribution < 1.29 is 0 Å². The SMILES string of the molecule is c1ccc(-c2ccc(N(c3ccc(-c4cccc5c4sc4ccccc45)cc3)c3cccc4c3-c3ccccc3C43c4ccccc4-c4ccc(-c5ccccc5)cc43)c(-c3ccccc3)c2)cc1. The lowest BCUT2D eigenvalue weighted by Gasteiger charge is -2.33. The number of hydrogen-bond acceptors (Lipinski definition) is 2. The molecule has 2 aliphatic carbocycles. The van der Waals surface area contributed by atoms with Gasteiger partial charge in [-0.3, -0.25) is 0 Å². The van der Waals surface area contributed by atoms with Gasteiger partial charge in [0.2, 0.25) is 0 Å². The smallest absolute Gasteiger partial charge is 0.0726 e. The lowest BCUT2D eigenvalue weighted by Crippen LogP contribution is -2.26. The van der Waals surface area contributed by atoms with Crippen molar-refractivity contribution in [3.63, 3.8) is 0 Å². The minimum atomic E-state index is -0.531. The van der Waals surface area contributed by atoms with Crippen molar-refractivity contribution in [2.45, 2.75) is 5.41 Å². The van der Waals surface area contributed by atoms with Crippen LogP contribution in [-0.2, 0) is 5.41 Å². The number of benzene rings is 11. The maximum atomic E-state index is 2.54. The summed E-state index contributed by atoms with van der Waals surface area (Å²) < 4.78 is 2.64. The molecule has 0 N–H and O–H groups in total. The van der Waals surface area contributed by atoms with E-state index in [-0.39, 0.29) is 0 Å². The van der Waals surface area contributed by atoms with Crippen LogP contribution in [0.25, 0.3) is 86.9 Å². The molecule has 11 aromatic carbocycles. The summed E-state index contributed by atoms with van der Waals surface area (Å²) in [6.45, 7) is 0. The summed E-state index contributed by atoms with van der Waals surface area (Å²) in [7, 11) is 0. The van der Waals surface area contributed by atoms with Crippen LogP contribution >= 0.6 is 11.3 Å². The van der Waals surface area contributed by atoms with E-state index in [4.69, 9.17) is 0 Å². The summed E-state index contributed by atoms with van der Waals surface area (Å²) >= 11 is 1.88. The third-order valence-electron chi connectivity index (χ3n) is 14.7. The largest absolute Gasteiger partial charge is 0.309 e. The number of fused-ring (bicyclic) bond motifs is 13. The number of rotatable bonds is 7. The molecule has 1 nitrogen and oxygen atoms in total. The maximum Gasteiger partial charge on any atom is 0.0726 e. The van der Waals surface area contributed by atoms with Crippen LogP contribution in [0.4, 0.5) is 17.1 Å². The summed E-state index contributed by atoms with van der Waals surface area (Å²) in [6.07, 6.45) is 0. The van der Waals surface area contributed by atoms with E-state index in [0.717, 1.165) is 17.1 Å². The fourth-order valence-corrected chi connectivity index (χ4v) is 13.0. The van der Waals surface area contributed by atoms with Crippen LogP contribution in [0.5, 0.6) is 0 Å². The third-order valence-corrected chi connectivity index (χ3v) is 15.9. The zero-order chi connectivity index (χ0) is 45.5. The van der Waals surface area contributed by atoms with Crippen LogP contribution < -0.4 is 4.90 Å². The van der Waals surface area contributed by atoms with E-state index < -0.39 is 5.41 Å². The molecular formula is C67H43NS. The Kier molecular flexibility index (Phi) is 9.05. The molecule has 1 heterocycles. The Morgan fingerprint density at radius 3 is 1.57 bits per heavy atom. The number of nitrogens with zero attached hydrogens (tertiary/aromatic N) is 1. The first-order valence-corrected chi connectivity index (χ1v) is 24.6. The highest BCUT2D eigenvalue weighted by atomic mass is 32.1. The van der Waals surface area contributed by atoms with Crippen molar-refractivity contribution in [1.29, 1.82) is 0 Å². The summed E-state index contributed by atoms with van der Waals surface area (Å²) in [6, 6.07) is 96.9. The van der Waals surface area contributed by atoms with E-state index in [9.17, 15) is 0 Å². The second kappa shape index (κ2) is 15.8. The van der Waals surface area contributed by atoms with Gasteiger partial charge in [-0.1, -0.05) is 218 Å². The summed E-state index contributed by atoms with van der Waals surface area (Å²) in [5.41, 5.74) is 22.8. The van der Waals surface area contributed by atoms with Gasteiger partial charge in [0.05, 0.1) is 16.8 Å². The zero-order valence-electron chi connectivity index (χ0n) is 37.7. The first-order chi connectivity index (χ1) is 34.2. The molecule has 1 atom stereocenters. The highest BCUT2D eigenvalue weighted by molar-refractivity contribution is 7.26. The summed E-state index contributed by atoms with van der Waals surface area (Å²) in [5, 5.41) is 2.62. The predicted octanol–water partition coefficient (Wildman–Crippen LogP) is 18.5. The fraction of sp³-hybridized carbons (Fsp3) is 0.0149. The first kappa shape index (κ1) is 39.6. The van der Waals surface area contributed by atoms with E-state index >= 15 is 0 Å².